The third-order valence-corrected chi connectivity index (χ3v) is 4.77. The molecule has 2 aromatic heterocycles. The van der Waals surface area contributed by atoms with E-state index in [1.54, 1.807) is 6.08 Å². The minimum Gasteiger partial charge on any atom is -0.350 e. The number of rotatable bonds is 3. The molecule has 2 aromatic carbocycles. The number of nitrogens with zero attached hydrogens (tertiary/aromatic N) is 1. The number of carbonyl (C=O) groups is 1. The van der Waals surface area contributed by atoms with Crippen molar-refractivity contribution in [1.82, 2.24) is 9.55 Å². The number of carbonyl (C=O) groups excluding carboxylic acids is 1. The lowest BCUT2D eigenvalue weighted by molar-refractivity contribution is 0.104. The van der Waals surface area contributed by atoms with Crippen LogP contribution in [0.3, 0.4) is 0 Å². The maximum Gasteiger partial charge on any atom is 0.259 e. The number of hydrogen-bond donors (Lipinski definition) is 1. The molecule has 0 aliphatic heterocycles. The van der Waals surface area contributed by atoms with Crippen LogP contribution in [0.1, 0.15) is 21.5 Å². The van der Waals surface area contributed by atoms with Crippen molar-refractivity contribution in [2.45, 2.75) is 6.92 Å². The van der Waals surface area contributed by atoms with E-state index < -0.39 is 0 Å². The van der Waals surface area contributed by atoms with E-state index in [1.165, 1.54) is 6.08 Å². The van der Waals surface area contributed by atoms with E-state index in [2.05, 4.69) is 4.98 Å². The molecule has 4 rings (SSSR count). The van der Waals surface area contributed by atoms with Gasteiger partial charge in [-0.3, -0.25) is 9.59 Å². The summed E-state index contributed by atoms with van der Waals surface area (Å²) >= 11 is 0. The van der Waals surface area contributed by atoms with Gasteiger partial charge in [0.05, 0.1) is 5.56 Å². The van der Waals surface area contributed by atoms with Gasteiger partial charge >= 0.3 is 0 Å². The van der Waals surface area contributed by atoms with E-state index in [0.717, 1.165) is 27.4 Å². The van der Waals surface area contributed by atoms with Gasteiger partial charge in [-0.2, -0.15) is 0 Å². The van der Waals surface area contributed by atoms with Crippen LogP contribution in [0.4, 0.5) is 0 Å². The third-order valence-electron chi connectivity index (χ3n) is 4.77. The standard InChI is InChI=1S/C22H18N2O2/c1-14-16-7-3-5-9-18(16)23-22(26)21(14)20(25)12-11-15-13-24(2)19-10-6-4-8-17(15)19/h3-13H,1-2H3,(H,23,26)/b12-11+. The Balaban J connectivity index is 1.78. The molecule has 0 unspecified atom stereocenters. The molecule has 0 atom stereocenters. The molecule has 128 valence electrons. The summed E-state index contributed by atoms with van der Waals surface area (Å²) in [6, 6.07) is 15.5. The van der Waals surface area contributed by atoms with Crippen molar-refractivity contribution in [3.05, 3.63) is 87.8 Å². The van der Waals surface area contributed by atoms with Gasteiger partial charge in [-0.1, -0.05) is 36.4 Å². The van der Waals surface area contributed by atoms with Crippen LogP contribution in [0.15, 0.2) is 65.6 Å². The van der Waals surface area contributed by atoms with Gasteiger partial charge in [0.15, 0.2) is 5.78 Å². The summed E-state index contributed by atoms with van der Waals surface area (Å²) in [6.07, 6.45) is 5.23. The first-order valence-electron chi connectivity index (χ1n) is 8.44. The number of para-hydroxylation sites is 2. The molecule has 0 bridgehead atoms. The molecule has 0 spiro atoms. The Morgan fingerprint density at radius 1 is 1.04 bits per heavy atom. The highest BCUT2D eigenvalue weighted by Crippen LogP contribution is 2.22. The first-order chi connectivity index (χ1) is 12.6. The lowest BCUT2D eigenvalue weighted by Gasteiger charge is -2.06. The van der Waals surface area contributed by atoms with E-state index in [1.807, 2.05) is 73.3 Å². The average Bonchev–Trinajstić information content (AvgIpc) is 2.96. The molecule has 2 heterocycles. The third kappa shape index (κ3) is 2.56. The minimum absolute atomic E-state index is 0.195. The largest absolute Gasteiger partial charge is 0.350 e. The molecular formula is C22H18N2O2. The van der Waals surface area contributed by atoms with Crippen LogP contribution in [0.25, 0.3) is 27.9 Å². The fourth-order valence-corrected chi connectivity index (χ4v) is 3.46. The number of ketones is 1. The van der Waals surface area contributed by atoms with Crippen LogP contribution in [0, 0.1) is 6.92 Å². The molecular weight excluding hydrogens is 324 g/mol. The number of pyridine rings is 1. The summed E-state index contributed by atoms with van der Waals surface area (Å²) in [6.45, 7) is 1.82. The highest BCUT2D eigenvalue weighted by Gasteiger charge is 2.14. The van der Waals surface area contributed by atoms with Crippen molar-refractivity contribution in [1.29, 1.82) is 0 Å². The van der Waals surface area contributed by atoms with Gasteiger partial charge < -0.3 is 9.55 Å². The summed E-state index contributed by atoms with van der Waals surface area (Å²) in [5, 5.41) is 1.96. The second-order valence-electron chi connectivity index (χ2n) is 6.41. The predicted molar refractivity (Wildman–Crippen MR) is 106 cm³/mol. The highest BCUT2D eigenvalue weighted by atomic mass is 16.1. The molecule has 4 nitrogen and oxygen atoms in total. The number of aromatic nitrogens is 2. The van der Waals surface area contributed by atoms with Crippen LogP contribution in [-0.2, 0) is 7.05 Å². The first-order valence-corrected chi connectivity index (χ1v) is 8.44. The Morgan fingerprint density at radius 2 is 1.73 bits per heavy atom. The van der Waals surface area contributed by atoms with Crippen LogP contribution in [0.2, 0.25) is 0 Å². The Bertz CT molecular complexity index is 1240. The number of fused-ring (bicyclic) bond motifs is 2. The number of nitrogens with one attached hydrogen (secondary N) is 1. The molecule has 0 saturated heterocycles. The molecule has 0 aliphatic rings. The lowest BCUT2D eigenvalue weighted by Crippen LogP contribution is -2.18. The Hall–Kier alpha value is -3.40. The summed E-state index contributed by atoms with van der Waals surface area (Å²) in [7, 11) is 1.97. The van der Waals surface area contributed by atoms with E-state index in [0.29, 0.717) is 5.56 Å². The van der Waals surface area contributed by atoms with Crippen molar-refractivity contribution in [2.75, 3.05) is 0 Å². The molecule has 26 heavy (non-hydrogen) atoms. The number of H-pyrrole nitrogens is 1. The number of allylic oxidation sites excluding steroid dienone is 1. The van der Waals surface area contributed by atoms with E-state index in [4.69, 9.17) is 0 Å². The second kappa shape index (κ2) is 6.15. The molecule has 0 amide bonds. The monoisotopic (exact) mass is 342 g/mol. The summed E-state index contributed by atoms with van der Waals surface area (Å²) in [4.78, 5) is 27.9. The van der Waals surface area contributed by atoms with Crippen LogP contribution in [0.5, 0.6) is 0 Å². The van der Waals surface area contributed by atoms with E-state index in [9.17, 15) is 9.59 Å². The Morgan fingerprint density at radius 3 is 2.54 bits per heavy atom. The molecule has 0 aliphatic carbocycles. The molecule has 0 saturated carbocycles. The molecule has 0 fully saturated rings. The van der Waals surface area contributed by atoms with Crippen molar-refractivity contribution >= 4 is 33.7 Å². The van der Waals surface area contributed by atoms with Gasteiger partial charge in [0.25, 0.3) is 5.56 Å². The van der Waals surface area contributed by atoms with Gasteiger partial charge in [0.2, 0.25) is 0 Å². The van der Waals surface area contributed by atoms with Crippen molar-refractivity contribution < 1.29 is 4.79 Å². The molecule has 0 radical (unpaired) electrons. The summed E-state index contributed by atoms with van der Waals surface area (Å²) in [5.74, 6) is -0.289. The van der Waals surface area contributed by atoms with Crippen molar-refractivity contribution in [2.24, 2.45) is 7.05 Å². The zero-order valence-corrected chi connectivity index (χ0v) is 14.6. The van der Waals surface area contributed by atoms with Gasteiger partial charge in [0.1, 0.15) is 0 Å². The average molecular weight is 342 g/mol. The fourth-order valence-electron chi connectivity index (χ4n) is 3.46. The Kier molecular flexibility index (Phi) is 3.81. The smallest absolute Gasteiger partial charge is 0.259 e. The summed E-state index contributed by atoms with van der Waals surface area (Å²) in [5.41, 5.74) is 3.33. The summed E-state index contributed by atoms with van der Waals surface area (Å²) < 4.78 is 2.02. The predicted octanol–water partition coefficient (Wildman–Crippen LogP) is 4.22. The molecule has 1 N–H and O–H groups in total. The lowest BCUT2D eigenvalue weighted by atomic mass is 10.0. The second-order valence-corrected chi connectivity index (χ2v) is 6.41. The number of benzene rings is 2. The van der Waals surface area contributed by atoms with Gasteiger partial charge in [-0.15, -0.1) is 0 Å². The van der Waals surface area contributed by atoms with Gasteiger partial charge in [0, 0.05) is 40.6 Å². The molecule has 4 heteroatoms. The number of aromatic amines is 1. The van der Waals surface area contributed by atoms with Crippen LogP contribution >= 0.6 is 0 Å². The normalized spacial score (nSPS) is 11.6. The zero-order chi connectivity index (χ0) is 18.3. The first kappa shape index (κ1) is 16.1. The minimum atomic E-state index is -0.353. The van der Waals surface area contributed by atoms with Crippen LogP contribution < -0.4 is 5.56 Å². The van der Waals surface area contributed by atoms with Gasteiger partial charge in [-0.25, -0.2) is 0 Å². The highest BCUT2D eigenvalue weighted by molar-refractivity contribution is 6.10. The van der Waals surface area contributed by atoms with Crippen molar-refractivity contribution in [3.8, 4) is 0 Å². The quantitative estimate of drug-likeness (QED) is 0.447. The maximum atomic E-state index is 12.7. The molecule has 4 aromatic rings. The van der Waals surface area contributed by atoms with Gasteiger partial charge in [-0.05, 0) is 36.8 Å². The van der Waals surface area contributed by atoms with E-state index >= 15 is 0 Å². The van der Waals surface area contributed by atoms with Crippen molar-refractivity contribution in [3.63, 3.8) is 0 Å². The number of aryl methyl sites for hydroxylation is 2. The van der Waals surface area contributed by atoms with E-state index in [-0.39, 0.29) is 16.9 Å². The van der Waals surface area contributed by atoms with Crippen LogP contribution in [-0.4, -0.2) is 15.3 Å². The SMILES string of the molecule is Cc1c(C(=O)/C=C/c2cn(C)c3ccccc23)c(=O)[nH]c2ccccc12. The topological polar surface area (TPSA) is 54.9 Å². The fraction of sp³-hybridized carbons (Fsp3) is 0.0909. The maximum absolute atomic E-state index is 12.7. The Labute approximate surface area is 150 Å². The zero-order valence-electron chi connectivity index (χ0n) is 14.6. The number of hydrogen-bond acceptors (Lipinski definition) is 2.